The summed E-state index contributed by atoms with van der Waals surface area (Å²) < 4.78 is 0. The van der Waals surface area contributed by atoms with Gasteiger partial charge in [-0.1, -0.05) is 13.8 Å². The molecule has 2 heteroatoms. The van der Waals surface area contributed by atoms with Crippen LogP contribution in [0.1, 0.15) is 33.1 Å². The van der Waals surface area contributed by atoms with Crippen molar-refractivity contribution in [3.63, 3.8) is 0 Å². The maximum absolute atomic E-state index is 2.68. The Morgan fingerprint density at radius 2 is 1.93 bits per heavy atom. The number of hydrogen-bond donors (Lipinski definition) is 0. The van der Waals surface area contributed by atoms with E-state index in [-0.39, 0.29) is 0 Å². The predicted octanol–water partition coefficient (Wildman–Crippen LogP) is 1.81. The third kappa shape index (κ3) is 1.49. The van der Waals surface area contributed by atoms with Gasteiger partial charge in [0.05, 0.1) is 0 Å². The molecule has 2 saturated heterocycles. The molecule has 0 bridgehead atoms. The molecule has 0 aliphatic carbocycles. The highest BCUT2D eigenvalue weighted by molar-refractivity contribution is 5.04. The van der Waals surface area contributed by atoms with E-state index in [9.17, 15) is 0 Å². The highest BCUT2D eigenvalue weighted by Gasteiger charge is 2.47. The van der Waals surface area contributed by atoms with Gasteiger partial charge < -0.3 is 4.90 Å². The van der Waals surface area contributed by atoms with E-state index in [2.05, 4.69) is 37.7 Å². The molecular weight excluding hydrogens is 172 g/mol. The molecule has 2 aliphatic heterocycles. The average Bonchev–Trinajstić information content (AvgIpc) is 2.61. The lowest BCUT2D eigenvalue weighted by molar-refractivity contribution is 0.118. The first-order valence-corrected chi connectivity index (χ1v) is 5.97. The summed E-state index contributed by atoms with van der Waals surface area (Å²) in [5, 5.41) is 0. The molecule has 0 N–H and O–H groups in total. The summed E-state index contributed by atoms with van der Waals surface area (Å²) in [6.45, 7) is 7.29. The van der Waals surface area contributed by atoms with E-state index in [4.69, 9.17) is 0 Å². The smallest absolute Gasteiger partial charge is 0.0349 e. The Kier molecular flexibility index (Phi) is 2.61. The first kappa shape index (κ1) is 10.4. The van der Waals surface area contributed by atoms with Gasteiger partial charge in [-0.25, -0.2) is 0 Å². The van der Waals surface area contributed by atoms with Crippen molar-refractivity contribution < 1.29 is 0 Å². The van der Waals surface area contributed by atoms with Crippen LogP contribution < -0.4 is 0 Å². The SMILES string of the molecule is CC(C)C1CCC2(CCN(C)C2)N1C. The first-order chi connectivity index (χ1) is 6.55. The fraction of sp³-hybridized carbons (Fsp3) is 1.00. The lowest BCUT2D eigenvalue weighted by Crippen LogP contribution is -2.47. The lowest BCUT2D eigenvalue weighted by Gasteiger charge is -2.36. The molecule has 0 amide bonds. The van der Waals surface area contributed by atoms with Crippen molar-refractivity contribution in [2.75, 3.05) is 27.2 Å². The normalized spacial score (nSPS) is 40.5. The number of likely N-dealkylation sites (tertiary alicyclic amines) is 2. The van der Waals surface area contributed by atoms with Crippen LogP contribution in [-0.4, -0.2) is 48.6 Å². The van der Waals surface area contributed by atoms with Gasteiger partial charge in [0, 0.05) is 18.1 Å². The minimum absolute atomic E-state index is 0.531. The highest BCUT2D eigenvalue weighted by atomic mass is 15.3. The minimum Gasteiger partial charge on any atom is -0.304 e. The molecule has 2 unspecified atom stereocenters. The lowest BCUT2D eigenvalue weighted by atomic mass is 9.96. The summed E-state index contributed by atoms with van der Waals surface area (Å²) in [5.41, 5.74) is 0.531. The van der Waals surface area contributed by atoms with Crippen LogP contribution in [0.3, 0.4) is 0 Å². The Balaban J connectivity index is 2.09. The molecule has 2 heterocycles. The zero-order chi connectivity index (χ0) is 10.3. The zero-order valence-corrected chi connectivity index (χ0v) is 10.1. The topological polar surface area (TPSA) is 6.48 Å². The molecule has 0 saturated carbocycles. The molecule has 2 fully saturated rings. The van der Waals surface area contributed by atoms with Gasteiger partial charge in [-0.05, 0) is 45.8 Å². The van der Waals surface area contributed by atoms with E-state index in [1.54, 1.807) is 0 Å². The molecule has 0 radical (unpaired) electrons. The second kappa shape index (κ2) is 3.49. The van der Waals surface area contributed by atoms with Gasteiger partial charge in [0.15, 0.2) is 0 Å². The Labute approximate surface area is 88.3 Å². The number of rotatable bonds is 1. The Morgan fingerprint density at radius 3 is 2.36 bits per heavy atom. The van der Waals surface area contributed by atoms with E-state index in [0.717, 1.165) is 12.0 Å². The Morgan fingerprint density at radius 1 is 1.21 bits per heavy atom. The standard InChI is InChI=1S/C12H24N2/c1-10(2)11-5-6-12(14(11)4)7-8-13(3)9-12/h10-11H,5-9H2,1-4H3. The maximum Gasteiger partial charge on any atom is 0.0349 e. The summed E-state index contributed by atoms with van der Waals surface area (Å²) in [6.07, 6.45) is 4.20. The van der Waals surface area contributed by atoms with Crippen molar-refractivity contribution in [3.05, 3.63) is 0 Å². The third-order valence-electron chi connectivity index (χ3n) is 4.44. The van der Waals surface area contributed by atoms with Gasteiger partial charge in [0.2, 0.25) is 0 Å². The summed E-state index contributed by atoms with van der Waals surface area (Å²) >= 11 is 0. The number of nitrogens with zero attached hydrogens (tertiary/aromatic N) is 2. The molecule has 0 aromatic carbocycles. The van der Waals surface area contributed by atoms with Crippen molar-refractivity contribution in [1.82, 2.24) is 9.80 Å². The van der Waals surface area contributed by atoms with Crippen molar-refractivity contribution in [1.29, 1.82) is 0 Å². The van der Waals surface area contributed by atoms with Crippen LogP contribution in [0.25, 0.3) is 0 Å². The second-order valence-corrected chi connectivity index (χ2v) is 5.67. The molecule has 14 heavy (non-hydrogen) atoms. The minimum atomic E-state index is 0.531. The van der Waals surface area contributed by atoms with Crippen LogP contribution in [0.5, 0.6) is 0 Å². The molecule has 2 aliphatic rings. The summed E-state index contributed by atoms with van der Waals surface area (Å²) in [6, 6.07) is 0.821. The van der Waals surface area contributed by atoms with Gasteiger partial charge in [0.1, 0.15) is 0 Å². The molecule has 2 rings (SSSR count). The largest absolute Gasteiger partial charge is 0.304 e. The van der Waals surface area contributed by atoms with Crippen molar-refractivity contribution in [2.24, 2.45) is 5.92 Å². The number of likely N-dealkylation sites (N-methyl/N-ethyl adjacent to an activating group) is 2. The van der Waals surface area contributed by atoms with Gasteiger partial charge in [-0.3, -0.25) is 4.90 Å². The summed E-state index contributed by atoms with van der Waals surface area (Å²) in [7, 11) is 4.60. The quantitative estimate of drug-likeness (QED) is 0.631. The van der Waals surface area contributed by atoms with Crippen LogP contribution in [0.15, 0.2) is 0 Å². The van der Waals surface area contributed by atoms with Gasteiger partial charge >= 0.3 is 0 Å². The fourth-order valence-corrected chi connectivity index (χ4v) is 3.47. The molecule has 0 aromatic heterocycles. The van der Waals surface area contributed by atoms with Crippen LogP contribution in [-0.2, 0) is 0 Å². The van der Waals surface area contributed by atoms with Gasteiger partial charge in [-0.15, -0.1) is 0 Å². The van der Waals surface area contributed by atoms with Crippen LogP contribution in [0.4, 0.5) is 0 Å². The van der Waals surface area contributed by atoms with Crippen LogP contribution >= 0.6 is 0 Å². The third-order valence-corrected chi connectivity index (χ3v) is 4.44. The Bertz CT molecular complexity index is 214. The number of hydrogen-bond acceptors (Lipinski definition) is 2. The van der Waals surface area contributed by atoms with E-state index in [1.807, 2.05) is 0 Å². The van der Waals surface area contributed by atoms with Gasteiger partial charge in [0.25, 0.3) is 0 Å². The second-order valence-electron chi connectivity index (χ2n) is 5.67. The van der Waals surface area contributed by atoms with E-state index >= 15 is 0 Å². The fourth-order valence-electron chi connectivity index (χ4n) is 3.47. The van der Waals surface area contributed by atoms with Crippen LogP contribution in [0.2, 0.25) is 0 Å². The molecule has 82 valence electrons. The molecule has 1 spiro atoms. The Hall–Kier alpha value is -0.0800. The monoisotopic (exact) mass is 196 g/mol. The van der Waals surface area contributed by atoms with E-state index in [0.29, 0.717) is 5.54 Å². The average molecular weight is 196 g/mol. The molecule has 2 nitrogen and oxygen atoms in total. The zero-order valence-electron chi connectivity index (χ0n) is 10.1. The molecule has 2 atom stereocenters. The summed E-state index contributed by atoms with van der Waals surface area (Å²) in [5.74, 6) is 0.810. The maximum atomic E-state index is 2.68. The van der Waals surface area contributed by atoms with Crippen molar-refractivity contribution >= 4 is 0 Å². The highest BCUT2D eigenvalue weighted by Crippen LogP contribution is 2.41. The summed E-state index contributed by atoms with van der Waals surface area (Å²) in [4.78, 5) is 5.17. The van der Waals surface area contributed by atoms with E-state index in [1.165, 1.54) is 32.4 Å². The van der Waals surface area contributed by atoms with E-state index < -0.39 is 0 Å². The van der Waals surface area contributed by atoms with Crippen molar-refractivity contribution in [3.8, 4) is 0 Å². The molecule has 0 aromatic rings. The van der Waals surface area contributed by atoms with Gasteiger partial charge in [-0.2, -0.15) is 0 Å². The first-order valence-electron chi connectivity index (χ1n) is 5.97. The predicted molar refractivity (Wildman–Crippen MR) is 60.5 cm³/mol. The van der Waals surface area contributed by atoms with Crippen molar-refractivity contribution in [2.45, 2.75) is 44.7 Å². The molecular formula is C12H24N2. The van der Waals surface area contributed by atoms with Crippen LogP contribution in [0, 0.1) is 5.92 Å².